The van der Waals surface area contributed by atoms with Crippen LogP contribution in [0.1, 0.15) is 5.56 Å². The summed E-state index contributed by atoms with van der Waals surface area (Å²) in [5.74, 6) is 1.27. The van der Waals surface area contributed by atoms with Gasteiger partial charge in [0.1, 0.15) is 5.82 Å². The van der Waals surface area contributed by atoms with Crippen molar-refractivity contribution in [2.24, 2.45) is 0 Å². The molecule has 0 aromatic heterocycles. The Morgan fingerprint density at radius 1 is 1.25 bits per heavy atom. The second-order valence-corrected chi connectivity index (χ2v) is 4.98. The number of halogens is 2. The van der Waals surface area contributed by atoms with E-state index < -0.39 is 11.9 Å². The molecule has 124 valence electrons. The van der Waals surface area contributed by atoms with E-state index in [2.05, 4.69) is 5.92 Å². The number of rotatable bonds is 5. The van der Waals surface area contributed by atoms with Gasteiger partial charge in [-0.25, -0.2) is 13.6 Å². The molecule has 2 aromatic rings. The van der Waals surface area contributed by atoms with Gasteiger partial charge in [0.25, 0.3) is 0 Å². The highest BCUT2D eigenvalue weighted by Gasteiger charge is 2.17. The van der Waals surface area contributed by atoms with Crippen LogP contribution in [0, 0.1) is 24.0 Å². The number of nitrogens with one attached hydrogen (secondary N) is 1. The monoisotopic (exact) mass is 331 g/mol. The van der Waals surface area contributed by atoms with E-state index in [0.717, 1.165) is 5.56 Å². The number of hydrogen-bond donors (Lipinski definition) is 3. The van der Waals surface area contributed by atoms with Crippen molar-refractivity contribution >= 4 is 23.2 Å². The highest BCUT2D eigenvalue weighted by molar-refractivity contribution is 5.88. The minimum atomic E-state index is -1.35. The van der Waals surface area contributed by atoms with Crippen LogP contribution in [0.4, 0.5) is 30.6 Å². The lowest BCUT2D eigenvalue weighted by Gasteiger charge is -2.24. The molecule has 0 heterocycles. The summed E-state index contributed by atoms with van der Waals surface area (Å²) in [7, 11) is 0. The molecular formula is C17H15F2N3O2. The Labute approximate surface area is 137 Å². The molecule has 0 bridgehead atoms. The highest BCUT2D eigenvalue weighted by Crippen LogP contribution is 2.31. The van der Waals surface area contributed by atoms with Crippen molar-refractivity contribution < 1.29 is 18.7 Å². The molecule has 1 amide bonds. The van der Waals surface area contributed by atoms with Crippen molar-refractivity contribution in [2.45, 2.75) is 6.54 Å². The topological polar surface area (TPSA) is 78.6 Å². The predicted molar refractivity (Wildman–Crippen MR) is 88.7 cm³/mol. The fraction of sp³-hybridized carbons (Fsp3) is 0.118. The predicted octanol–water partition coefficient (Wildman–Crippen LogP) is 3.28. The Morgan fingerprint density at radius 2 is 1.92 bits per heavy atom. The number of nitrogen functional groups attached to an aromatic ring is 1. The molecule has 0 saturated carbocycles. The van der Waals surface area contributed by atoms with Gasteiger partial charge in [0.2, 0.25) is 0 Å². The maximum atomic E-state index is 14.5. The van der Waals surface area contributed by atoms with Gasteiger partial charge in [-0.05, 0) is 29.8 Å². The van der Waals surface area contributed by atoms with Crippen molar-refractivity contribution in [3.05, 3.63) is 53.6 Å². The van der Waals surface area contributed by atoms with Gasteiger partial charge >= 0.3 is 6.09 Å². The van der Waals surface area contributed by atoms with E-state index in [-0.39, 0.29) is 36.0 Å². The number of terminal acetylenes is 1. The number of nitrogens with two attached hydrogens (primary N) is 1. The molecule has 5 nitrogen and oxygen atoms in total. The summed E-state index contributed by atoms with van der Waals surface area (Å²) in [6.45, 7) is 0.339. The highest BCUT2D eigenvalue weighted by atomic mass is 19.1. The third kappa shape index (κ3) is 3.93. The lowest BCUT2D eigenvalue weighted by Crippen LogP contribution is -2.24. The van der Waals surface area contributed by atoms with Crippen LogP contribution in [0.2, 0.25) is 0 Å². The molecule has 4 N–H and O–H groups in total. The molecule has 0 unspecified atom stereocenters. The van der Waals surface area contributed by atoms with Crippen LogP contribution >= 0.6 is 0 Å². The fourth-order valence-electron chi connectivity index (χ4n) is 2.20. The van der Waals surface area contributed by atoms with E-state index >= 15 is 0 Å². The number of hydrogen-bond acceptors (Lipinski definition) is 3. The van der Waals surface area contributed by atoms with Crippen LogP contribution in [-0.4, -0.2) is 17.7 Å². The number of amides is 1. The SMILES string of the molecule is C#CCN(Cc1ccc(F)cc1)c1ccc(NC(=O)O)c(N)c1F. The number of anilines is 3. The van der Waals surface area contributed by atoms with E-state index in [0.29, 0.717) is 0 Å². The Bertz CT molecular complexity index is 786. The van der Waals surface area contributed by atoms with Crippen LogP contribution in [0.5, 0.6) is 0 Å². The Hall–Kier alpha value is -3.27. The standard InChI is InChI=1S/C17H15F2N3O2/c1-2-9-22(10-11-3-5-12(18)6-4-11)14-8-7-13(21-17(23)24)16(20)15(14)19/h1,3-8,21H,9-10,20H2,(H,23,24). The van der Waals surface area contributed by atoms with Gasteiger partial charge in [-0.3, -0.25) is 5.32 Å². The quantitative estimate of drug-likeness (QED) is 0.580. The lowest BCUT2D eigenvalue weighted by molar-refractivity contribution is 0.210. The average Bonchev–Trinajstić information content (AvgIpc) is 2.53. The number of nitrogens with zero attached hydrogens (tertiary/aromatic N) is 1. The number of carboxylic acid groups (broad SMARTS) is 1. The van der Waals surface area contributed by atoms with Gasteiger partial charge in [0.15, 0.2) is 5.82 Å². The van der Waals surface area contributed by atoms with Crippen LogP contribution in [0.3, 0.4) is 0 Å². The third-order valence-electron chi connectivity index (χ3n) is 3.31. The zero-order chi connectivity index (χ0) is 17.7. The Balaban J connectivity index is 2.33. The van der Waals surface area contributed by atoms with Crippen molar-refractivity contribution in [1.82, 2.24) is 0 Å². The summed E-state index contributed by atoms with van der Waals surface area (Å²) in [6, 6.07) is 8.48. The second kappa shape index (κ2) is 7.33. The molecule has 0 fully saturated rings. The van der Waals surface area contributed by atoms with Crippen molar-refractivity contribution in [3.63, 3.8) is 0 Å². The van der Waals surface area contributed by atoms with Crippen molar-refractivity contribution in [1.29, 1.82) is 0 Å². The number of benzene rings is 2. The Morgan fingerprint density at radius 3 is 2.50 bits per heavy atom. The average molecular weight is 331 g/mol. The van der Waals surface area contributed by atoms with Gasteiger partial charge in [-0.15, -0.1) is 6.42 Å². The maximum Gasteiger partial charge on any atom is 0.409 e. The molecule has 2 aromatic carbocycles. The molecule has 24 heavy (non-hydrogen) atoms. The summed E-state index contributed by atoms with van der Waals surface area (Å²) in [4.78, 5) is 12.2. The van der Waals surface area contributed by atoms with Crippen molar-refractivity contribution in [2.75, 3.05) is 22.5 Å². The fourth-order valence-corrected chi connectivity index (χ4v) is 2.20. The molecule has 0 aliphatic heterocycles. The molecule has 0 aliphatic carbocycles. The van der Waals surface area contributed by atoms with Gasteiger partial charge in [-0.2, -0.15) is 0 Å². The first-order chi connectivity index (χ1) is 11.4. The summed E-state index contributed by atoms with van der Waals surface area (Å²) in [6.07, 6.45) is 3.99. The first-order valence-electron chi connectivity index (χ1n) is 6.93. The van der Waals surface area contributed by atoms with E-state index in [9.17, 15) is 13.6 Å². The van der Waals surface area contributed by atoms with E-state index in [1.807, 2.05) is 5.32 Å². The lowest BCUT2D eigenvalue weighted by atomic mass is 10.1. The molecular weight excluding hydrogens is 316 g/mol. The van der Waals surface area contributed by atoms with E-state index in [1.165, 1.54) is 24.3 Å². The first kappa shape index (κ1) is 17.1. The molecule has 0 atom stereocenters. The second-order valence-electron chi connectivity index (χ2n) is 4.98. The van der Waals surface area contributed by atoms with Gasteiger partial charge in [0, 0.05) is 6.54 Å². The normalized spacial score (nSPS) is 10.0. The minimum Gasteiger partial charge on any atom is -0.465 e. The van der Waals surface area contributed by atoms with Gasteiger partial charge in [0.05, 0.1) is 23.6 Å². The summed E-state index contributed by atoms with van der Waals surface area (Å²) in [5.41, 5.74) is 6.14. The largest absolute Gasteiger partial charge is 0.465 e. The van der Waals surface area contributed by atoms with E-state index in [4.69, 9.17) is 17.3 Å². The van der Waals surface area contributed by atoms with Crippen LogP contribution < -0.4 is 16.0 Å². The molecule has 0 spiro atoms. The summed E-state index contributed by atoms with van der Waals surface area (Å²) < 4.78 is 27.5. The zero-order valence-electron chi connectivity index (χ0n) is 12.6. The first-order valence-corrected chi connectivity index (χ1v) is 6.93. The van der Waals surface area contributed by atoms with Gasteiger partial charge < -0.3 is 15.7 Å². The van der Waals surface area contributed by atoms with E-state index in [1.54, 1.807) is 17.0 Å². The molecule has 0 radical (unpaired) electrons. The molecule has 0 aliphatic rings. The maximum absolute atomic E-state index is 14.5. The van der Waals surface area contributed by atoms with Crippen LogP contribution in [-0.2, 0) is 6.54 Å². The van der Waals surface area contributed by atoms with Gasteiger partial charge in [-0.1, -0.05) is 18.1 Å². The molecule has 7 heteroatoms. The summed E-state index contributed by atoms with van der Waals surface area (Å²) >= 11 is 0. The van der Waals surface area contributed by atoms with Crippen LogP contribution in [0.15, 0.2) is 36.4 Å². The van der Waals surface area contributed by atoms with Crippen LogP contribution in [0.25, 0.3) is 0 Å². The molecule has 0 saturated heterocycles. The Kier molecular flexibility index (Phi) is 5.22. The summed E-state index contributed by atoms with van der Waals surface area (Å²) in [5, 5.41) is 10.7. The minimum absolute atomic E-state index is 0.0498. The number of carbonyl (C=O) groups is 1. The van der Waals surface area contributed by atoms with Crippen molar-refractivity contribution in [3.8, 4) is 12.3 Å². The third-order valence-corrected chi connectivity index (χ3v) is 3.31. The molecule has 2 rings (SSSR count). The smallest absolute Gasteiger partial charge is 0.409 e. The zero-order valence-corrected chi connectivity index (χ0v) is 12.6.